The van der Waals surface area contributed by atoms with Gasteiger partial charge in [0.25, 0.3) is 0 Å². The summed E-state index contributed by atoms with van der Waals surface area (Å²) in [6.07, 6.45) is 0.920. The molecule has 2 aliphatic heterocycles. The second kappa shape index (κ2) is 6.25. The lowest BCUT2D eigenvalue weighted by Crippen LogP contribution is -2.28. The van der Waals surface area contributed by atoms with Gasteiger partial charge in [-0.05, 0) is 36.2 Å². The first-order valence-electron chi connectivity index (χ1n) is 8.20. The van der Waals surface area contributed by atoms with Crippen molar-refractivity contribution in [3.8, 4) is 0 Å². The zero-order chi connectivity index (χ0) is 17.4. The van der Waals surface area contributed by atoms with Gasteiger partial charge in [-0.3, -0.25) is 9.48 Å². The molecule has 0 saturated carbocycles. The summed E-state index contributed by atoms with van der Waals surface area (Å²) in [7, 11) is -3.63. The van der Waals surface area contributed by atoms with E-state index in [0.29, 0.717) is 24.2 Å². The topological polar surface area (TPSA) is 105 Å². The number of nitrogens with zero attached hydrogens (tertiary/aromatic N) is 2. The Kier molecular flexibility index (Phi) is 4.06. The first-order valence-corrected chi connectivity index (χ1v) is 9.68. The number of carbonyl (C=O) groups excluding carboxylic acids is 1. The molecule has 0 atom stereocenters. The van der Waals surface area contributed by atoms with E-state index in [-0.39, 0.29) is 17.3 Å². The van der Waals surface area contributed by atoms with Crippen LogP contribution in [0.3, 0.4) is 0 Å². The molecule has 3 N–H and O–H groups in total. The highest BCUT2D eigenvalue weighted by atomic mass is 32.2. The summed E-state index contributed by atoms with van der Waals surface area (Å²) < 4.78 is 29.6. The van der Waals surface area contributed by atoms with Gasteiger partial charge in [0, 0.05) is 25.2 Å². The van der Waals surface area contributed by atoms with Crippen LogP contribution in [-0.4, -0.2) is 30.7 Å². The molecule has 0 bridgehead atoms. The predicted molar refractivity (Wildman–Crippen MR) is 91.4 cm³/mol. The standard InChI is InChI=1S/C16H19N5O3S/c22-16-4-1-11-7-14(2-3-15(11)19-16)25(23,24)18-9-12-8-13-10-17-5-6-21(13)20-12/h2-3,7-8,17-18H,1,4-6,9-10H2,(H,19,22). The number of aromatic nitrogens is 2. The largest absolute Gasteiger partial charge is 0.326 e. The Morgan fingerprint density at radius 1 is 1.24 bits per heavy atom. The fourth-order valence-electron chi connectivity index (χ4n) is 3.12. The molecule has 0 aliphatic carbocycles. The normalized spacial score (nSPS) is 16.9. The molecule has 0 unspecified atom stereocenters. The van der Waals surface area contributed by atoms with Crippen molar-refractivity contribution in [1.82, 2.24) is 19.8 Å². The zero-order valence-electron chi connectivity index (χ0n) is 13.6. The maximum absolute atomic E-state index is 12.6. The summed E-state index contributed by atoms with van der Waals surface area (Å²) in [6.45, 7) is 2.55. The summed E-state index contributed by atoms with van der Waals surface area (Å²) in [4.78, 5) is 11.6. The molecular formula is C16H19N5O3S. The van der Waals surface area contributed by atoms with E-state index in [1.54, 1.807) is 12.1 Å². The van der Waals surface area contributed by atoms with Gasteiger partial charge in [-0.15, -0.1) is 0 Å². The van der Waals surface area contributed by atoms with E-state index < -0.39 is 10.0 Å². The van der Waals surface area contributed by atoms with Crippen LogP contribution in [-0.2, 0) is 40.9 Å². The van der Waals surface area contributed by atoms with Crippen LogP contribution < -0.4 is 15.4 Å². The van der Waals surface area contributed by atoms with Gasteiger partial charge in [-0.2, -0.15) is 5.10 Å². The molecule has 1 amide bonds. The summed E-state index contributed by atoms with van der Waals surface area (Å²) in [5.74, 6) is -0.0422. The highest BCUT2D eigenvalue weighted by Crippen LogP contribution is 2.25. The minimum Gasteiger partial charge on any atom is -0.326 e. The van der Waals surface area contributed by atoms with E-state index in [9.17, 15) is 13.2 Å². The van der Waals surface area contributed by atoms with Crippen molar-refractivity contribution in [3.63, 3.8) is 0 Å². The highest BCUT2D eigenvalue weighted by Gasteiger charge is 2.20. The molecule has 9 heteroatoms. The molecule has 25 heavy (non-hydrogen) atoms. The lowest BCUT2D eigenvalue weighted by atomic mass is 10.0. The number of nitrogens with one attached hydrogen (secondary N) is 3. The van der Waals surface area contributed by atoms with Gasteiger partial charge >= 0.3 is 0 Å². The average Bonchev–Trinajstić information content (AvgIpc) is 3.02. The number of carbonyl (C=O) groups is 1. The first-order chi connectivity index (χ1) is 12.0. The third-order valence-corrected chi connectivity index (χ3v) is 5.85. The molecule has 0 saturated heterocycles. The lowest BCUT2D eigenvalue weighted by molar-refractivity contribution is -0.116. The van der Waals surface area contributed by atoms with Crippen molar-refractivity contribution in [1.29, 1.82) is 0 Å². The molecule has 2 aromatic rings. The Hall–Kier alpha value is -2.23. The third-order valence-electron chi connectivity index (χ3n) is 4.45. The Morgan fingerprint density at radius 3 is 2.96 bits per heavy atom. The van der Waals surface area contributed by atoms with E-state index in [4.69, 9.17) is 0 Å². The van der Waals surface area contributed by atoms with Gasteiger partial charge in [0.05, 0.1) is 29.4 Å². The number of rotatable bonds is 4. The Balaban J connectivity index is 1.50. The van der Waals surface area contributed by atoms with Crippen LogP contribution in [0.4, 0.5) is 5.69 Å². The van der Waals surface area contributed by atoms with Crippen molar-refractivity contribution < 1.29 is 13.2 Å². The Bertz CT molecular complexity index is 912. The number of anilines is 1. The second-order valence-electron chi connectivity index (χ2n) is 6.22. The number of hydrogen-bond donors (Lipinski definition) is 3. The van der Waals surface area contributed by atoms with Crippen LogP contribution in [0.5, 0.6) is 0 Å². The Morgan fingerprint density at radius 2 is 2.12 bits per heavy atom. The second-order valence-corrected chi connectivity index (χ2v) is 7.99. The van der Waals surface area contributed by atoms with Crippen molar-refractivity contribution in [2.45, 2.75) is 37.4 Å². The van der Waals surface area contributed by atoms with Crippen LogP contribution >= 0.6 is 0 Å². The van der Waals surface area contributed by atoms with Crippen LogP contribution in [0.15, 0.2) is 29.2 Å². The van der Waals surface area contributed by atoms with Gasteiger partial charge in [0.1, 0.15) is 0 Å². The predicted octanol–water partition coefficient (Wildman–Crippen LogP) is 0.350. The van der Waals surface area contributed by atoms with Gasteiger partial charge in [-0.1, -0.05) is 0 Å². The summed E-state index contributed by atoms with van der Waals surface area (Å²) >= 11 is 0. The number of benzene rings is 1. The van der Waals surface area contributed by atoms with Gasteiger partial charge in [0.2, 0.25) is 15.9 Å². The van der Waals surface area contributed by atoms with Gasteiger partial charge in [-0.25, -0.2) is 13.1 Å². The molecule has 1 aromatic heterocycles. The maximum atomic E-state index is 12.6. The molecule has 4 rings (SSSR count). The number of aryl methyl sites for hydroxylation is 1. The van der Waals surface area contributed by atoms with Crippen LogP contribution in [0.1, 0.15) is 23.4 Å². The fraction of sp³-hybridized carbons (Fsp3) is 0.375. The van der Waals surface area contributed by atoms with Crippen molar-refractivity contribution in [3.05, 3.63) is 41.2 Å². The molecule has 2 aliphatic rings. The molecule has 1 aromatic carbocycles. The number of fused-ring (bicyclic) bond motifs is 2. The van der Waals surface area contributed by atoms with Crippen molar-refractivity contribution in [2.75, 3.05) is 11.9 Å². The van der Waals surface area contributed by atoms with E-state index in [0.717, 1.165) is 30.9 Å². The number of amides is 1. The van der Waals surface area contributed by atoms with Gasteiger partial charge in [0.15, 0.2) is 0 Å². The van der Waals surface area contributed by atoms with E-state index in [1.165, 1.54) is 6.07 Å². The molecule has 0 radical (unpaired) electrons. The SMILES string of the molecule is O=C1CCc2cc(S(=O)(=O)NCc3cc4n(n3)CCNC4)ccc2N1. The average molecular weight is 361 g/mol. The lowest BCUT2D eigenvalue weighted by Gasteiger charge is -2.17. The first kappa shape index (κ1) is 16.2. The summed E-state index contributed by atoms with van der Waals surface area (Å²) in [6, 6.07) is 6.69. The third kappa shape index (κ3) is 3.30. The summed E-state index contributed by atoms with van der Waals surface area (Å²) in [5.41, 5.74) is 3.29. The minimum atomic E-state index is -3.63. The van der Waals surface area contributed by atoms with Crippen LogP contribution in [0, 0.1) is 0 Å². The van der Waals surface area contributed by atoms with Crippen LogP contribution in [0.2, 0.25) is 0 Å². The van der Waals surface area contributed by atoms with Crippen molar-refractivity contribution >= 4 is 21.6 Å². The smallest absolute Gasteiger partial charge is 0.240 e. The van der Waals surface area contributed by atoms with E-state index >= 15 is 0 Å². The molecule has 0 fully saturated rings. The van der Waals surface area contributed by atoms with Crippen molar-refractivity contribution in [2.24, 2.45) is 0 Å². The van der Waals surface area contributed by atoms with Gasteiger partial charge < -0.3 is 10.6 Å². The number of sulfonamides is 1. The molecule has 8 nitrogen and oxygen atoms in total. The fourth-order valence-corrected chi connectivity index (χ4v) is 4.17. The maximum Gasteiger partial charge on any atom is 0.240 e. The van der Waals surface area contributed by atoms with E-state index in [1.807, 2.05) is 10.7 Å². The molecular weight excluding hydrogens is 342 g/mol. The quantitative estimate of drug-likeness (QED) is 0.729. The number of hydrogen-bond acceptors (Lipinski definition) is 5. The molecule has 3 heterocycles. The van der Waals surface area contributed by atoms with Crippen LogP contribution in [0.25, 0.3) is 0 Å². The molecule has 0 spiro atoms. The van der Waals surface area contributed by atoms with E-state index in [2.05, 4.69) is 20.5 Å². The monoisotopic (exact) mass is 361 g/mol. The minimum absolute atomic E-state index is 0.0422. The zero-order valence-corrected chi connectivity index (χ0v) is 14.4. The molecule has 132 valence electrons. The summed E-state index contributed by atoms with van der Waals surface area (Å²) in [5, 5.41) is 10.4. The highest BCUT2D eigenvalue weighted by molar-refractivity contribution is 7.89. The Labute approximate surface area is 145 Å².